The lowest BCUT2D eigenvalue weighted by molar-refractivity contribution is 0.0858. The van der Waals surface area contributed by atoms with Crippen LogP contribution >= 0.6 is 11.6 Å². The van der Waals surface area contributed by atoms with Crippen molar-refractivity contribution in [3.05, 3.63) is 59.1 Å². The first-order chi connectivity index (χ1) is 12.6. The van der Waals surface area contributed by atoms with Crippen LogP contribution in [0.1, 0.15) is 23.2 Å². The number of nitrogens with one attached hydrogen (secondary N) is 3. The largest absolute Gasteiger partial charge is 0.376 e. The summed E-state index contributed by atoms with van der Waals surface area (Å²) in [6.45, 7) is 1.20. The molecule has 3 amide bonds. The van der Waals surface area contributed by atoms with Gasteiger partial charge in [0, 0.05) is 23.9 Å². The Labute approximate surface area is 156 Å². The van der Waals surface area contributed by atoms with Gasteiger partial charge in [-0.15, -0.1) is 0 Å². The molecule has 0 radical (unpaired) electrons. The minimum Gasteiger partial charge on any atom is -0.376 e. The van der Waals surface area contributed by atoms with E-state index in [1.807, 2.05) is 0 Å². The number of hydrogen-bond acceptors (Lipinski definition) is 3. The molecule has 3 rings (SSSR count). The molecule has 0 unspecified atom stereocenters. The van der Waals surface area contributed by atoms with Gasteiger partial charge in [-0.05, 0) is 49.2 Å². The maximum atomic E-state index is 12.4. The van der Waals surface area contributed by atoms with E-state index in [1.54, 1.807) is 48.5 Å². The zero-order valence-electron chi connectivity index (χ0n) is 14.1. The SMILES string of the molecule is O=C(Nc1ccc(Cl)cc1)Nc1ccccc1C(=O)NC[C@@H]1CCCO1. The summed E-state index contributed by atoms with van der Waals surface area (Å²) >= 11 is 5.83. The Morgan fingerprint density at radius 3 is 2.58 bits per heavy atom. The van der Waals surface area contributed by atoms with E-state index in [4.69, 9.17) is 16.3 Å². The van der Waals surface area contributed by atoms with Gasteiger partial charge in [-0.3, -0.25) is 4.79 Å². The summed E-state index contributed by atoms with van der Waals surface area (Å²) in [6, 6.07) is 13.2. The minimum atomic E-state index is -0.438. The third-order valence-corrected chi connectivity index (χ3v) is 4.29. The molecule has 1 fully saturated rings. The summed E-state index contributed by atoms with van der Waals surface area (Å²) in [5, 5.41) is 8.85. The Morgan fingerprint density at radius 1 is 1.08 bits per heavy atom. The highest BCUT2D eigenvalue weighted by molar-refractivity contribution is 6.30. The normalized spacial score (nSPS) is 16.1. The van der Waals surface area contributed by atoms with Gasteiger partial charge in [0.05, 0.1) is 17.4 Å². The van der Waals surface area contributed by atoms with Gasteiger partial charge in [-0.25, -0.2) is 4.79 Å². The van der Waals surface area contributed by atoms with Crippen LogP contribution in [-0.2, 0) is 4.74 Å². The molecule has 0 aromatic heterocycles. The molecule has 1 saturated heterocycles. The molecule has 6 nitrogen and oxygen atoms in total. The second-order valence-corrected chi connectivity index (χ2v) is 6.41. The second kappa shape index (κ2) is 8.69. The third-order valence-electron chi connectivity index (χ3n) is 4.04. The highest BCUT2D eigenvalue weighted by Crippen LogP contribution is 2.17. The molecular formula is C19H20ClN3O3. The molecule has 0 bridgehead atoms. The number of carbonyl (C=O) groups is 2. The number of anilines is 2. The van der Waals surface area contributed by atoms with E-state index in [0.29, 0.717) is 28.5 Å². The summed E-state index contributed by atoms with van der Waals surface area (Å²) in [6.07, 6.45) is 2.03. The monoisotopic (exact) mass is 373 g/mol. The van der Waals surface area contributed by atoms with Crippen LogP contribution in [0, 0.1) is 0 Å². The molecule has 1 aliphatic heterocycles. The van der Waals surface area contributed by atoms with Crippen LogP contribution in [0.25, 0.3) is 0 Å². The van der Waals surface area contributed by atoms with E-state index < -0.39 is 6.03 Å². The number of ether oxygens (including phenoxy) is 1. The van der Waals surface area contributed by atoms with Gasteiger partial charge in [-0.2, -0.15) is 0 Å². The lowest BCUT2D eigenvalue weighted by atomic mass is 10.1. The summed E-state index contributed by atoms with van der Waals surface area (Å²) in [7, 11) is 0. The molecular weight excluding hydrogens is 354 g/mol. The molecule has 3 N–H and O–H groups in total. The molecule has 0 spiro atoms. The van der Waals surface area contributed by atoms with Crippen LogP contribution in [0.4, 0.5) is 16.2 Å². The fourth-order valence-corrected chi connectivity index (χ4v) is 2.84. The predicted octanol–water partition coefficient (Wildman–Crippen LogP) is 3.89. The van der Waals surface area contributed by atoms with Crippen LogP contribution in [0.15, 0.2) is 48.5 Å². The van der Waals surface area contributed by atoms with Crippen LogP contribution in [-0.4, -0.2) is 31.2 Å². The number of rotatable bonds is 5. The number of hydrogen-bond donors (Lipinski definition) is 3. The Morgan fingerprint density at radius 2 is 1.85 bits per heavy atom. The molecule has 1 heterocycles. The molecule has 26 heavy (non-hydrogen) atoms. The maximum absolute atomic E-state index is 12.4. The number of carbonyl (C=O) groups excluding carboxylic acids is 2. The van der Waals surface area contributed by atoms with Crippen molar-refractivity contribution in [2.45, 2.75) is 18.9 Å². The highest BCUT2D eigenvalue weighted by atomic mass is 35.5. The lowest BCUT2D eigenvalue weighted by Gasteiger charge is -2.14. The fraction of sp³-hybridized carbons (Fsp3) is 0.263. The van der Waals surface area contributed by atoms with Gasteiger partial charge in [-0.1, -0.05) is 23.7 Å². The van der Waals surface area contributed by atoms with Crippen molar-refractivity contribution in [3.63, 3.8) is 0 Å². The average Bonchev–Trinajstić information content (AvgIpc) is 3.16. The van der Waals surface area contributed by atoms with E-state index in [0.717, 1.165) is 19.4 Å². The molecule has 1 atom stereocenters. The topological polar surface area (TPSA) is 79.5 Å². The van der Waals surface area contributed by atoms with Crippen molar-refractivity contribution in [3.8, 4) is 0 Å². The predicted molar refractivity (Wildman–Crippen MR) is 102 cm³/mol. The van der Waals surface area contributed by atoms with Crippen LogP contribution in [0.3, 0.4) is 0 Å². The Bertz CT molecular complexity index is 774. The second-order valence-electron chi connectivity index (χ2n) is 5.98. The summed E-state index contributed by atoms with van der Waals surface area (Å²) in [4.78, 5) is 24.6. The molecule has 0 saturated carbocycles. The smallest absolute Gasteiger partial charge is 0.323 e. The third kappa shape index (κ3) is 4.97. The number of benzene rings is 2. The van der Waals surface area contributed by atoms with Gasteiger partial charge < -0.3 is 20.7 Å². The summed E-state index contributed by atoms with van der Waals surface area (Å²) < 4.78 is 5.50. The van der Waals surface area contributed by atoms with E-state index in [2.05, 4.69) is 16.0 Å². The van der Waals surface area contributed by atoms with Crippen molar-refractivity contribution in [2.75, 3.05) is 23.8 Å². The first-order valence-corrected chi connectivity index (χ1v) is 8.82. The fourth-order valence-electron chi connectivity index (χ4n) is 2.72. The average molecular weight is 374 g/mol. The molecule has 2 aromatic rings. The number of urea groups is 1. The standard InChI is InChI=1S/C19H20ClN3O3/c20-13-7-9-14(10-8-13)22-19(25)23-17-6-2-1-5-16(17)18(24)21-12-15-4-3-11-26-15/h1-2,5-10,15H,3-4,11-12H2,(H,21,24)(H2,22,23,25)/t15-/m0/s1. The molecule has 1 aliphatic rings. The van der Waals surface area contributed by atoms with Crippen LogP contribution in [0.5, 0.6) is 0 Å². The van der Waals surface area contributed by atoms with Crippen molar-refractivity contribution >= 4 is 34.9 Å². The van der Waals surface area contributed by atoms with E-state index in [1.165, 1.54) is 0 Å². The van der Waals surface area contributed by atoms with E-state index in [-0.39, 0.29) is 12.0 Å². The Kier molecular flexibility index (Phi) is 6.09. The lowest BCUT2D eigenvalue weighted by Crippen LogP contribution is -2.32. The number of amides is 3. The van der Waals surface area contributed by atoms with E-state index in [9.17, 15) is 9.59 Å². The van der Waals surface area contributed by atoms with Crippen molar-refractivity contribution in [1.82, 2.24) is 5.32 Å². The Balaban J connectivity index is 1.61. The zero-order chi connectivity index (χ0) is 18.4. The van der Waals surface area contributed by atoms with Crippen molar-refractivity contribution in [1.29, 1.82) is 0 Å². The zero-order valence-corrected chi connectivity index (χ0v) is 14.9. The van der Waals surface area contributed by atoms with Gasteiger partial charge >= 0.3 is 6.03 Å². The van der Waals surface area contributed by atoms with Crippen molar-refractivity contribution in [2.24, 2.45) is 0 Å². The molecule has 2 aromatic carbocycles. The minimum absolute atomic E-state index is 0.0623. The van der Waals surface area contributed by atoms with Gasteiger partial charge in [0.2, 0.25) is 0 Å². The van der Waals surface area contributed by atoms with Crippen molar-refractivity contribution < 1.29 is 14.3 Å². The molecule has 7 heteroatoms. The maximum Gasteiger partial charge on any atom is 0.323 e. The summed E-state index contributed by atoms with van der Waals surface area (Å²) in [5.41, 5.74) is 1.44. The van der Waals surface area contributed by atoms with Crippen LogP contribution in [0.2, 0.25) is 5.02 Å². The quantitative estimate of drug-likeness (QED) is 0.743. The summed E-state index contributed by atoms with van der Waals surface area (Å²) in [5.74, 6) is -0.247. The Hall–Kier alpha value is -2.57. The van der Waals surface area contributed by atoms with Gasteiger partial charge in [0.15, 0.2) is 0 Å². The van der Waals surface area contributed by atoms with E-state index >= 15 is 0 Å². The highest BCUT2D eigenvalue weighted by Gasteiger charge is 2.18. The first-order valence-electron chi connectivity index (χ1n) is 8.44. The number of para-hydroxylation sites is 1. The molecule has 0 aliphatic carbocycles. The number of halogens is 1. The van der Waals surface area contributed by atoms with Gasteiger partial charge in [0.1, 0.15) is 0 Å². The molecule has 136 valence electrons. The van der Waals surface area contributed by atoms with Gasteiger partial charge in [0.25, 0.3) is 5.91 Å². The van der Waals surface area contributed by atoms with Crippen LogP contribution < -0.4 is 16.0 Å². The first kappa shape index (κ1) is 18.2.